The molecule has 1 aromatic carbocycles. The fraction of sp³-hybridized carbons (Fsp3) is 0.333. The van der Waals surface area contributed by atoms with Gasteiger partial charge < -0.3 is 29.9 Å². The largest absolute Gasteiger partial charge is 0.465 e. The van der Waals surface area contributed by atoms with Crippen molar-refractivity contribution in [3.05, 3.63) is 76.6 Å². The first-order valence-corrected chi connectivity index (χ1v) is 14.0. The second kappa shape index (κ2) is 13.5. The number of anilines is 3. The summed E-state index contributed by atoms with van der Waals surface area (Å²) < 4.78 is 10.3. The molecule has 3 heterocycles. The first-order chi connectivity index (χ1) is 20.4. The summed E-state index contributed by atoms with van der Waals surface area (Å²) in [6.45, 7) is 7.78. The van der Waals surface area contributed by atoms with Gasteiger partial charge in [-0.15, -0.1) is 0 Å². The van der Waals surface area contributed by atoms with Crippen LogP contribution < -0.4 is 15.5 Å². The lowest BCUT2D eigenvalue weighted by Crippen LogP contribution is -2.39. The van der Waals surface area contributed by atoms with Crippen LogP contribution in [0.2, 0.25) is 5.02 Å². The van der Waals surface area contributed by atoms with Gasteiger partial charge >= 0.3 is 12.1 Å². The molecule has 2 aromatic heterocycles. The van der Waals surface area contributed by atoms with Crippen LogP contribution in [-0.2, 0) is 9.47 Å². The van der Waals surface area contributed by atoms with E-state index < -0.39 is 23.4 Å². The number of hydrogen-bond acceptors (Lipinski definition) is 9. The number of hydrogen-bond donors (Lipinski definition) is 2. The second-order valence-corrected chi connectivity index (χ2v) is 11.2. The van der Waals surface area contributed by atoms with Crippen LogP contribution in [0.1, 0.15) is 58.3 Å². The number of nitrogens with zero attached hydrogens (tertiary/aromatic N) is 4. The van der Waals surface area contributed by atoms with Gasteiger partial charge in [0.05, 0.1) is 34.5 Å². The summed E-state index contributed by atoms with van der Waals surface area (Å²) in [4.78, 5) is 63.2. The van der Waals surface area contributed by atoms with Gasteiger partial charge in [-0.2, -0.15) is 0 Å². The van der Waals surface area contributed by atoms with Crippen LogP contribution in [0.25, 0.3) is 0 Å². The molecule has 1 aliphatic heterocycles. The van der Waals surface area contributed by atoms with Gasteiger partial charge in [0.25, 0.3) is 11.8 Å². The van der Waals surface area contributed by atoms with E-state index in [0.29, 0.717) is 37.0 Å². The summed E-state index contributed by atoms with van der Waals surface area (Å²) in [5, 5.41) is 5.76. The van der Waals surface area contributed by atoms with E-state index in [1.54, 1.807) is 23.1 Å². The van der Waals surface area contributed by atoms with Crippen LogP contribution in [0.4, 0.5) is 22.1 Å². The van der Waals surface area contributed by atoms with E-state index in [4.69, 9.17) is 21.1 Å². The maximum absolute atomic E-state index is 13.2. The average molecular weight is 609 g/mol. The number of ether oxygens (including phenoxy) is 2. The number of amides is 3. The van der Waals surface area contributed by atoms with E-state index in [0.717, 1.165) is 6.42 Å². The zero-order chi connectivity index (χ0) is 31.1. The van der Waals surface area contributed by atoms with Crippen LogP contribution in [0.5, 0.6) is 0 Å². The average Bonchev–Trinajstić information content (AvgIpc) is 3.24. The van der Waals surface area contributed by atoms with Crippen LogP contribution >= 0.6 is 11.6 Å². The van der Waals surface area contributed by atoms with Crippen molar-refractivity contribution in [3.63, 3.8) is 0 Å². The molecule has 2 N–H and O–H groups in total. The number of benzene rings is 1. The highest BCUT2D eigenvalue weighted by Gasteiger charge is 2.25. The van der Waals surface area contributed by atoms with E-state index in [-0.39, 0.29) is 34.3 Å². The molecular formula is C30H33ClN6O6. The third-order valence-corrected chi connectivity index (χ3v) is 6.61. The molecule has 0 aliphatic carbocycles. The normalized spacial score (nSPS) is 13.5. The van der Waals surface area contributed by atoms with Gasteiger partial charge in [0.1, 0.15) is 17.2 Å². The molecule has 4 rings (SSSR count). The lowest BCUT2D eigenvalue weighted by atomic mass is 10.1. The predicted molar refractivity (Wildman–Crippen MR) is 162 cm³/mol. The van der Waals surface area contributed by atoms with Crippen molar-refractivity contribution in [1.82, 2.24) is 14.9 Å². The van der Waals surface area contributed by atoms with E-state index in [1.807, 2.05) is 25.7 Å². The molecule has 3 aromatic rings. The number of aromatic nitrogens is 2. The smallest absolute Gasteiger partial charge is 0.410 e. The van der Waals surface area contributed by atoms with Gasteiger partial charge in [0, 0.05) is 38.6 Å². The molecule has 0 atom stereocenters. The van der Waals surface area contributed by atoms with E-state index >= 15 is 0 Å². The highest BCUT2D eigenvalue weighted by atomic mass is 35.5. The van der Waals surface area contributed by atoms with Gasteiger partial charge in [-0.25, -0.2) is 19.6 Å². The number of halogens is 1. The Hall–Kier alpha value is -4.71. The quantitative estimate of drug-likeness (QED) is 0.375. The van der Waals surface area contributed by atoms with Gasteiger partial charge in [-0.1, -0.05) is 11.6 Å². The fourth-order valence-electron chi connectivity index (χ4n) is 4.28. The predicted octanol–water partition coefficient (Wildman–Crippen LogP) is 4.87. The topological polar surface area (TPSA) is 143 Å². The second-order valence-electron chi connectivity index (χ2n) is 10.7. The molecule has 1 aliphatic rings. The minimum Gasteiger partial charge on any atom is -0.465 e. The lowest BCUT2D eigenvalue weighted by molar-refractivity contribution is 0.0263. The standard InChI is InChI=1S/C30H33ClN6O6/c1-30(2,3)43-29(41)37-13-5-12-36(14-15-37)25-11-7-20(17-33-25)26(38)34-23-16-19(28(40)42-4)6-9-22(23)27(39)35-24-10-8-21(31)18-32-24/h6-11,16-18H,5,12-15H2,1-4H3,(H,34,38)(H,32,35,39). The summed E-state index contributed by atoms with van der Waals surface area (Å²) in [6.07, 6.45) is 3.21. The molecule has 0 unspecified atom stereocenters. The summed E-state index contributed by atoms with van der Waals surface area (Å²) >= 11 is 5.87. The van der Waals surface area contributed by atoms with Crippen LogP contribution in [-0.4, -0.2) is 77.6 Å². The number of carbonyl (C=O) groups excluding carboxylic acids is 4. The zero-order valence-corrected chi connectivity index (χ0v) is 25.1. The van der Waals surface area contributed by atoms with Crippen molar-refractivity contribution in [2.75, 3.05) is 48.8 Å². The third kappa shape index (κ3) is 8.41. The molecule has 43 heavy (non-hydrogen) atoms. The maximum Gasteiger partial charge on any atom is 0.410 e. The van der Waals surface area contributed by atoms with Crippen molar-refractivity contribution >= 4 is 52.8 Å². The van der Waals surface area contributed by atoms with Crippen LogP contribution in [0.3, 0.4) is 0 Å². The van der Waals surface area contributed by atoms with Crippen molar-refractivity contribution < 1.29 is 28.7 Å². The number of rotatable bonds is 6. The molecule has 13 heteroatoms. The van der Waals surface area contributed by atoms with E-state index in [9.17, 15) is 19.2 Å². The van der Waals surface area contributed by atoms with Gasteiger partial charge in [0.2, 0.25) is 0 Å². The number of carbonyl (C=O) groups is 4. The van der Waals surface area contributed by atoms with E-state index in [2.05, 4.69) is 20.6 Å². The van der Waals surface area contributed by atoms with Crippen molar-refractivity contribution in [2.45, 2.75) is 32.8 Å². The highest BCUT2D eigenvalue weighted by molar-refractivity contribution is 6.30. The Morgan fingerprint density at radius 3 is 2.28 bits per heavy atom. The molecule has 0 bridgehead atoms. The molecule has 1 fully saturated rings. The molecule has 0 saturated carbocycles. The summed E-state index contributed by atoms with van der Waals surface area (Å²) in [5.74, 6) is -0.809. The summed E-state index contributed by atoms with van der Waals surface area (Å²) in [5.41, 5.74) is 0.0111. The fourth-order valence-corrected chi connectivity index (χ4v) is 4.39. The Balaban J connectivity index is 1.47. The molecule has 3 amide bonds. The number of methoxy groups -OCH3 is 1. The first-order valence-electron chi connectivity index (χ1n) is 13.6. The monoisotopic (exact) mass is 608 g/mol. The Morgan fingerprint density at radius 1 is 0.860 bits per heavy atom. The Bertz CT molecular complexity index is 1490. The molecule has 0 spiro atoms. The lowest BCUT2D eigenvalue weighted by Gasteiger charge is -2.26. The molecule has 226 valence electrons. The summed E-state index contributed by atoms with van der Waals surface area (Å²) in [7, 11) is 1.24. The first kappa shape index (κ1) is 31.2. The highest BCUT2D eigenvalue weighted by Crippen LogP contribution is 2.22. The summed E-state index contributed by atoms with van der Waals surface area (Å²) in [6, 6.07) is 10.7. The maximum atomic E-state index is 13.2. The van der Waals surface area contributed by atoms with E-state index in [1.165, 1.54) is 43.8 Å². The molecule has 12 nitrogen and oxygen atoms in total. The van der Waals surface area contributed by atoms with Crippen molar-refractivity contribution in [3.8, 4) is 0 Å². The van der Waals surface area contributed by atoms with Gasteiger partial charge in [0.15, 0.2) is 0 Å². The van der Waals surface area contributed by atoms with Gasteiger partial charge in [-0.05, 0) is 69.7 Å². The minimum absolute atomic E-state index is 0.0955. The number of pyridine rings is 2. The van der Waals surface area contributed by atoms with Crippen LogP contribution in [0, 0.1) is 0 Å². The number of nitrogens with one attached hydrogen (secondary N) is 2. The van der Waals surface area contributed by atoms with Gasteiger partial charge in [-0.3, -0.25) is 9.59 Å². The van der Waals surface area contributed by atoms with Crippen LogP contribution in [0.15, 0.2) is 54.9 Å². The van der Waals surface area contributed by atoms with Crippen molar-refractivity contribution in [2.24, 2.45) is 0 Å². The minimum atomic E-state index is -0.629. The molecule has 0 radical (unpaired) electrons. The zero-order valence-electron chi connectivity index (χ0n) is 24.3. The number of esters is 1. The molecule has 1 saturated heterocycles. The van der Waals surface area contributed by atoms with Crippen molar-refractivity contribution in [1.29, 1.82) is 0 Å². The third-order valence-electron chi connectivity index (χ3n) is 6.38. The SMILES string of the molecule is COC(=O)c1ccc(C(=O)Nc2ccc(Cl)cn2)c(NC(=O)c2ccc(N3CCCN(C(=O)OC(C)(C)C)CC3)nc2)c1. The Labute approximate surface area is 254 Å². The Morgan fingerprint density at radius 2 is 1.63 bits per heavy atom. The Kier molecular flexibility index (Phi) is 9.81. The molecular weight excluding hydrogens is 576 g/mol.